The Bertz CT molecular complexity index is 667. The van der Waals surface area contributed by atoms with Crippen LogP contribution in [0.15, 0.2) is 74.4 Å². The van der Waals surface area contributed by atoms with Crippen LogP contribution in [0.4, 0.5) is 0 Å². The van der Waals surface area contributed by atoms with Crippen LogP contribution in [0.25, 0.3) is 6.08 Å². The molecule has 0 aromatic heterocycles. The molecule has 0 saturated carbocycles. The number of esters is 1. The van der Waals surface area contributed by atoms with Crippen molar-refractivity contribution in [2.45, 2.75) is 39.7 Å². The van der Waals surface area contributed by atoms with Crippen molar-refractivity contribution in [3.8, 4) is 0 Å². The molecule has 1 aromatic rings. The highest BCUT2D eigenvalue weighted by Gasteiger charge is 1.91. The molecule has 1 aromatic carbocycles. The van der Waals surface area contributed by atoms with E-state index in [0.29, 0.717) is 6.61 Å². The van der Waals surface area contributed by atoms with Gasteiger partial charge in [0.25, 0.3) is 0 Å². The summed E-state index contributed by atoms with van der Waals surface area (Å²) < 4.78 is 4.67. The number of benzene rings is 1. The van der Waals surface area contributed by atoms with E-state index in [1.165, 1.54) is 25.5 Å². The van der Waals surface area contributed by atoms with Crippen molar-refractivity contribution in [2.75, 3.05) is 13.2 Å². The third kappa shape index (κ3) is 43.3. The number of ether oxygens (including phenoxy) is 1. The number of aliphatic carboxylic acids is 2. The first-order valence-corrected chi connectivity index (χ1v) is 9.92. The molecule has 8 nitrogen and oxygen atoms in total. The third-order valence-corrected chi connectivity index (χ3v) is 2.75. The number of carbonyl (C=O) groups excluding carboxylic acids is 1. The molecule has 0 spiro atoms. The monoisotopic (exact) mass is 466 g/mol. The summed E-state index contributed by atoms with van der Waals surface area (Å²) in [6, 6.07) is 10.0. The lowest BCUT2D eigenvalue weighted by molar-refractivity contribution is -0.138. The highest BCUT2D eigenvalue weighted by Crippen LogP contribution is 1.97. The van der Waals surface area contributed by atoms with E-state index in [1.54, 1.807) is 0 Å². The highest BCUT2D eigenvalue weighted by molar-refractivity contribution is 5.84. The summed E-state index contributed by atoms with van der Waals surface area (Å²) in [5.74, 6) is -2.25. The second-order valence-corrected chi connectivity index (χ2v) is 6.00. The average Bonchev–Trinajstić information content (AvgIpc) is 2.81. The van der Waals surface area contributed by atoms with Gasteiger partial charge in [0.1, 0.15) is 0 Å². The van der Waals surface area contributed by atoms with Gasteiger partial charge in [-0.15, -0.1) is 0 Å². The largest absolute Gasteiger partial charge is 0.478 e. The Hall–Kier alpha value is -3.49. The molecule has 186 valence electrons. The Labute approximate surface area is 196 Å². The van der Waals surface area contributed by atoms with Crippen LogP contribution in [0.5, 0.6) is 0 Å². The lowest BCUT2D eigenvalue weighted by Gasteiger charge is -1.97. The molecule has 1 rings (SSSR count). The van der Waals surface area contributed by atoms with Crippen LogP contribution in [0.3, 0.4) is 0 Å². The molecule has 0 heterocycles. The van der Waals surface area contributed by atoms with Gasteiger partial charge in [0.05, 0.1) is 19.3 Å². The maximum atomic E-state index is 10.3. The van der Waals surface area contributed by atoms with Gasteiger partial charge < -0.3 is 25.2 Å². The second-order valence-electron chi connectivity index (χ2n) is 6.00. The van der Waals surface area contributed by atoms with Gasteiger partial charge in [-0.1, -0.05) is 76.1 Å². The fourth-order valence-corrected chi connectivity index (χ4v) is 0.965. The van der Waals surface area contributed by atoms with Crippen molar-refractivity contribution in [3.05, 3.63) is 79.9 Å². The van der Waals surface area contributed by atoms with Crippen molar-refractivity contribution in [2.24, 2.45) is 0 Å². The third-order valence-electron chi connectivity index (χ3n) is 2.75. The number of hydrogen-bond donors (Lipinski definition) is 4. The van der Waals surface area contributed by atoms with Crippen molar-refractivity contribution in [1.29, 1.82) is 0 Å². The molecule has 8 heteroatoms. The van der Waals surface area contributed by atoms with Crippen LogP contribution in [0.1, 0.15) is 39.2 Å². The molecule has 0 bridgehead atoms. The molecule has 0 aliphatic rings. The predicted molar refractivity (Wildman–Crippen MR) is 132 cm³/mol. The molecule has 4 N–H and O–H groups in total. The lowest BCUT2D eigenvalue weighted by atomic mass is 10.2. The summed E-state index contributed by atoms with van der Waals surface area (Å²) in [7, 11) is 0. The Balaban J connectivity index is -0.000000163. The SMILES string of the molecule is C=C(C)C(=O)O.C=CC(=O)O.C=CC(=O)OCCCC.C=Cc1ccccc1.CC(O)CO. The first-order chi connectivity index (χ1) is 15.4. The summed E-state index contributed by atoms with van der Waals surface area (Å²) >= 11 is 0. The van der Waals surface area contributed by atoms with Crippen LogP contribution >= 0.6 is 0 Å². The van der Waals surface area contributed by atoms with E-state index >= 15 is 0 Å². The summed E-state index contributed by atoms with van der Waals surface area (Å²) in [6.45, 7) is 18.4. The van der Waals surface area contributed by atoms with Gasteiger partial charge in [0.2, 0.25) is 0 Å². The maximum Gasteiger partial charge on any atom is 0.330 e. The van der Waals surface area contributed by atoms with Crippen molar-refractivity contribution < 1.29 is 39.5 Å². The molecule has 0 aliphatic carbocycles. The fraction of sp³-hybridized carbons (Fsp3) is 0.320. The van der Waals surface area contributed by atoms with Crippen LogP contribution in [-0.2, 0) is 19.1 Å². The Morgan fingerprint density at radius 2 is 1.48 bits per heavy atom. The van der Waals surface area contributed by atoms with Gasteiger partial charge in [-0.05, 0) is 25.8 Å². The zero-order chi connectivity index (χ0) is 26.7. The van der Waals surface area contributed by atoms with E-state index in [2.05, 4.69) is 31.1 Å². The van der Waals surface area contributed by atoms with Gasteiger partial charge >= 0.3 is 17.9 Å². The molecule has 0 radical (unpaired) electrons. The topological polar surface area (TPSA) is 141 Å². The molecule has 0 fully saturated rings. The molecule has 33 heavy (non-hydrogen) atoms. The van der Waals surface area contributed by atoms with Gasteiger partial charge in [0.15, 0.2) is 0 Å². The lowest BCUT2D eigenvalue weighted by Crippen LogP contribution is -2.03. The summed E-state index contributed by atoms with van der Waals surface area (Å²) in [4.78, 5) is 29.2. The number of hydrogen-bond acceptors (Lipinski definition) is 6. The van der Waals surface area contributed by atoms with Gasteiger partial charge in [-0.2, -0.15) is 0 Å². The van der Waals surface area contributed by atoms with Crippen molar-refractivity contribution in [3.63, 3.8) is 0 Å². The van der Waals surface area contributed by atoms with Crippen LogP contribution in [0, 0.1) is 0 Å². The van der Waals surface area contributed by atoms with E-state index in [4.69, 9.17) is 20.4 Å². The first-order valence-electron chi connectivity index (χ1n) is 9.92. The minimum Gasteiger partial charge on any atom is -0.478 e. The van der Waals surface area contributed by atoms with Gasteiger partial charge in [-0.3, -0.25) is 0 Å². The molecule has 0 amide bonds. The molecule has 0 saturated heterocycles. The second kappa shape index (κ2) is 28.5. The van der Waals surface area contributed by atoms with E-state index in [1.807, 2.05) is 43.3 Å². The molecule has 1 atom stereocenters. The number of aliphatic hydroxyl groups excluding tert-OH is 2. The Morgan fingerprint density at radius 3 is 1.70 bits per heavy atom. The zero-order valence-electron chi connectivity index (χ0n) is 19.8. The van der Waals surface area contributed by atoms with E-state index in [-0.39, 0.29) is 18.1 Å². The minimum absolute atomic E-state index is 0.139. The molecular weight excluding hydrogens is 428 g/mol. The summed E-state index contributed by atoms with van der Waals surface area (Å²) in [5.41, 5.74) is 1.35. The van der Waals surface area contributed by atoms with Crippen LogP contribution < -0.4 is 0 Å². The van der Waals surface area contributed by atoms with Crippen LogP contribution in [-0.4, -0.2) is 57.7 Å². The number of aliphatic hydroxyl groups is 2. The fourth-order valence-electron chi connectivity index (χ4n) is 0.965. The summed E-state index contributed by atoms with van der Waals surface area (Å²) in [5, 5.41) is 31.5. The average molecular weight is 467 g/mol. The Kier molecular flexibility index (Phi) is 31.8. The van der Waals surface area contributed by atoms with Crippen LogP contribution in [0.2, 0.25) is 0 Å². The standard InChI is InChI=1S/C8H8.C7H12O2.C4H6O2.C3H8O2.C3H4O2/c1-2-8-6-4-3-5-7-8;1-3-5-6-9-7(8)4-2;1-3(2)4(5)6;1-3(5)2-4;1-2-3(4)5/h2-7H,1H2;4H,2-3,5-6H2,1H3;1H2,2H3,(H,5,6);3-5H,2H2,1H3;2H,1H2,(H,4,5). The van der Waals surface area contributed by atoms with Crippen molar-refractivity contribution in [1.82, 2.24) is 0 Å². The highest BCUT2D eigenvalue weighted by atomic mass is 16.5. The zero-order valence-corrected chi connectivity index (χ0v) is 19.8. The van der Waals surface area contributed by atoms with Crippen molar-refractivity contribution >= 4 is 24.0 Å². The molecular formula is C25H38O8. The molecule has 0 aliphatic heterocycles. The smallest absolute Gasteiger partial charge is 0.330 e. The number of carboxylic acid groups (broad SMARTS) is 2. The quantitative estimate of drug-likeness (QED) is 0.255. The Morgan fingerprint density at radius 1 is 1.06 bits per heavy atom. The first kappa shape index (κ1) is 36.9. The minimum atomic E-state index is -0.981. The number of carbonyl (C=O) groups is 3. The van der Waals surface area contributed by atoms with E-state index in [9.17, 15) is 14.4 Å². The number of rotatable bonds is 8. The number of unbranched alkanes of at least 4 members (excludes halogenated alkanes) is 1. The maximum absolute atomic E-state index is 10.3. The number of carboxylic acids is 2. The normalized spacial score (nSPS) is 9.00. The molecule has 1 unspecified atom stereocenters. The van der Waals surface area contributed by atoms with Gasteiger partial charge in [0, 0.05) is 17.7 Å². The predicted octanol–water partition coefficient (Wildman–Crippen LogP) is 4.11. The van der Waals surface area contributed by atoms with E-state index in [0.717, 1.165) is 18.9 Å². The summed E-state index contributed by atoms with van der Waals surface area (Å²) in [6.07, 6.45) is 5.26. The van der Waals surface area contributed by atoms with Gasteiger partial charge in [-0.25, -0.2) is 14.4 Å². The van der Waals surface area contributed by atoms with E-state index < -0.39 is 18.0 Å².